The van der Waals surface area contributed by atoms with Crippen LogP contribution in [-0.2, 0) is 41.1 Å². The average Bonchev–Trinajstić information content (AvgIpc) is 3.13. The number of urea groups is 1. The zero-order valence-corrected chi connectivity index (χ0v) is 17.6. The van der Waals surface area contributed by atoms with Gasteiger partial charge >= 0.3 is 6.03 Å². The van der Waals surface area contributed by atoms with Gasteiger partial charge in [-0.3, -0.25) is 0 Å². The van der Waals surface area contributed by atoms with Gasteiger partial charge in [-0.1, -0.05) is 13.0 Å². The van der Waals surface area contributed by atoms with Crippen molar-refractivity contribution in [2.45, 2.75) is 67.9 Å². The Bertz CT molecular complexity index is 1050. The van der Waals surface area contributed by atoms with Crippen LogP contribution in [0, 0.1) is 0 Å². The van der Waals surface area contributed by atoms with Crippen LogP contribution in [0.15, 0.2) is 21.7 Å². The van der Waals surface area contributed by atoms with E-state index in [1.807, 2.05) is 5.38 Å². The molecule has 0 spiro atoms. The lowest BCUT2D eigenvalue weighted by atomic mass is 9.99. The second-order valence-corrected chi connectivity index (χ2v) is 11.3. The number of hydrogen-bond donors (Lipinski definition) is 2. The first-order chi connectivity index (χ1) is 13.4. The van der Waals surface area contributed by atoms with E-state index in [-0.39, 0.29) is 9.62 Å². The Hall–Kier alpha value is -1.86. The monoisotopic (exact) mass is 416 g/mol. The molecular formula is C21H24N2O3S2. The average molecular weight is 417 g/mol. The Morgan fingerprint density at radius 1 is 1.04 bits per heavy atom. The lowest BCUT2D eigenvalue weighted by Crippen LogP contribution is -2.34. The molecule has 0 radical (unpaired) electrons. The number of nitrogens with one attached hydrogen (secondary N) is 2. The summed E-state index contributed by atoms with van der Waals surface area (Å²) in [5.41, 5.74) is 7.00. The van der Waals surface area contributed by atoms with Crippen molar-refractivity contribution in [3.8, 4) is 0 Å². The van der Waals surface area contributed by atoms with Gasteiger partial charge < -0.3 is 5.32 Å². The molecule has 1 aromatic carbocycles. The molecule has 2 N–H and O–H groups in total. The molecule has 3 aliphatic rings. The predicted octanol–water partition coefficient (Wildman–Crippen LogP) is 4.29. The van der Waals surface area contributed by atoms with Crippen LogP contribution < -0.4 is 10.0 Å². The van der Waals surface area contributed by atoms with Crippen LogP contribution >= 0.6 is 11.3 Å². The molecule has 1 aromatic heterocycles. The Morgan fingerprint density at radius 3 is 2.29 bits per heavy atom. The first kappa shape index (κ1) is 18.2. The molecule has 148 valence electrons. The summed E-state index contributed by atoms with van der Waals surface area (Å²) in [5, 5.41) is 4.79. The molecule has 28 heavy (non-hydrogen) atoms. The number of rotatable bonds is 4. The fourth-order valence-corrected chi connectivity index (χ4v) is 6.77. The summed E-state index contributed by atoms with van der Waals surface area (Å²) >= 11 is 1.18. The summed E-state index contributed by atoms with van der Waals surface area (Å²) in [6.07, 6.45) is 8.30. The molecule has 0 aliphatic heterocycles. The van der Waals surface area contributed by atoms with E-state index in [0.29, 0.717) is 0 Å². The van der Waals surface area contributed by atoms with Crippen LogP contribution in [0.4, 0.5) is 10.5 Å². The molecule has 5 nitrogen and oxygen atoms in total. The summed E-state index contributed by atoms with van der Waals surface area (Å²) in [6.45, 7) is 2.14. The minimum Gasteiger partial charge on any atom is -0.307 e. The van der Waals surface area contributed by atoms with Gasteiger partial charge in [0.2, 0.25) is 0 Å². The van der Waals surface area contributed by atoms with Crippen molar-refractivity contribution in [3.63, 3.8) is 0 Å². The van der Waals surface area contributed by atoms with Crippen molar-refractivity contribution in [1.29, 1.82) is 0 Å². The van der Waals surface area contributed by atoms with E-state index >= 15 is 0 Å². The number of benzene rings is 1. The van der Waals surface area contributed by atoms with Crippen LogP contribution in [-0.4, -0.2) is 14.4 Å². The summed E-state index contributed by atoms with van der Waals surface area (Å²) in [5.74, 6) is 0. The molecule has 3 aliphatic carbocycles. The Kier molecular flexibility index (Phi) is 4.11. The van der Waals surface area contributed by atoms with Gasteiger partial charge in [-0.05, 0) is 96.0 Å². The van der Waals surface area contributed by atoms with Crippen LogP contribution in [0.5, 0.6) is 0 Å². The van der Waals surface area contributed by atoms with Crippen molar-refractivity contribution in [3.05, 3.63) is 45.3 Å². The minimum atomic E-state index is -3.86. The number of hydrogen-bond acceptors (Lipinski definition) is 4. The fraction of sp³-hybridized carbons (Fsp3) is 0.476. The van der Waals surface area contributed by atoms with E-state index in [9.17, 15) is 13.2 Å². The van der Waals surface area contributed by atoms with E-state index < -0.39 is 16.1 Å². The van der Waals surface area contributed by atoms with Crippen LogP contribution in [0.25, 0.3) is 0 Å². The van der Waals surface area contributed by atoms with Crippen molar-refractivity contribution >= 4 is 33.1 Å². The zero-order valence-electron chi connectivity index (χ0n) is 15.9. The van der Waals surface area contributed by atoms with Gasteiger partial charge in [0.25, 0.3) is 10.0 Å². The molecule has 0 unspecified atom stereocenters. The summed E-state index contributed by atoms with van der Waals surface area (Å²) in [6, 6.07) is 3.34. The number of amides is 2. The number of sulfonamides is 1. The number of carbonyl (C=O) groups excluding carboxylic acids is 1. The SMILES string of the molecule is CC1(c2csc(S(=O)(=O)NC(=O)Nc3c4c(cc5c3CCC5)CCC4)c2)CC1. The lowest BCUT2D eigenvalue weighted by molar-refractivity contribution is 0.256. The number of aryl methyl sites for hydroxylation is 2. The molecule has 0 saturated heterocycles. The van der Waals surface area contributed by atoms with Crippen molar-refractivity contribution < 1.29 is 13.2 Å². The van der Waals surface area contributed by atoms with E-state index in [1.165, 1.54) is 33.6 Å². The lowest BCUT2D eigenvalue weighted by Gasteiger charge is -2.16. The highest BCUT2D eigenvalue weighted by Gasteiger charge is 2.40. The Morgan fingerprint density at radius 2 is 1.68 bits per heavy atom. The number of thiophene rings is 1. The van der Waals surface area contributed by atoms with E-state index in [4.69, 9.17) is 0 Å². The van der Waals surface area contributed by atoms with Gasteiger partial charge in [-0.15, -0.1) is 11.3 Å². The topological polar surface area (TPSA) is 75.3 Å². The second-order valence-electron chi connectivity index (χ2n) is 8.51. The predicted molar refractivity (Wildman–Crippen MR) is 111 cm³/mol. The maximum absolute atomic E-state index is 12.7. The molecule has 7 heteroatoms. The van der Waals surface area contributed by atoms with E-state index in [1.54, 1.807) is 6.07 Å². The summed E-state index contributed by atoms with van der Waals surface area (Å²) < 4.78 is 27.8. The number of fused-ring (bicyclic) bond motifs is 2. The Labute approximate surface area is 169 Å². The quantitative estimate of drug-likeness (QED) is 0.781. The number of carbonyl (C=O) groups is 1. The van der Waals surface area contributed by atoms with E-state index in [2.05, 4.69) is 23.0 Å². The molecule has 0 atom stereocenters. The molecule has 1 fully saturated rings. The third-order valence-electron chi connectivity index (χ3n) is 6.48. The highest BCUT2D eigenvalue weighted by atomic mass is 32.2. The van der Waals surface area contributed by atoms with Crippen LogP contribution in [0.3, 0.4) is 0 Å². The smallest absolute Gasteiger partial charge is 0.307 e. The molecular weight excluding hydrogens is 392 g/mol. The zero-order chi connectivity index (χ0) is 19.5. The highest BCUT2D eigenvalue weighted by Crippen LogP contribution is 2.49. The van der Waals surface area contributed by atoms with Crippen molar-refractivity contribution in [1.82, 2.24) is 4.72 Å². The summed E-state index contributed by atoms with van der Waals surface area (Å²) in [7, 11) is -3.86. The first-order valence-corrected chi connectivity index (χ1v) is 12.3. The van der Waals surface area contributed by atoms with Gasteiger partial charge in [-0.2, -0.15) is 0 Å². The van der Waals surface area contributed by atoms with Crippen molar-refractivity contribution in [2.75, 3.05) is 5.32 Å². The molecule has 1 heterocycles. The molecule has 5 rings (SSSR count). The standard InChI is InChI=1S/C21H24N2O3S2/c1-21(8-9-21)15-11-18(27-12-15)28(25,26)23-20(24)22-19-16-6-2-4-13(16)10-14-5-3-7-17(14)19/h10-12H,2-9H2,1H3,(H2,22,23,24). The van der Waals surface area contributed by atoms with Gasteiger partial charge in [0.1, 0.15) is 4.21 Å². The molecule has 2 amide bonds. The molecule has 0 bridgehead atoms. The maximum atomic E-state index is 12.7. The molecule has 1 saturated carbocycles. The van der Waals surface area contributed by atoms with Crippen LogP contribution in [0.1, 0.15) is 60.4 Å². The largest absolute Gasteiger partial charge is 0.333 e. The number of anilines is 1. The van der Waals surface area contributed by atoms with Gasteiger partial charge in [0.15, 0.2) is 0 Å². The van der Waals surface area contributed by atoms with Gasteiger partial charge in [0, 0.05) is 5.69 Å². The first-order valence-electron chi connectivity index (χ1n) is 9.95. The third kappa shape index (κ3) is 3.05. The van der Waals surface area contributed by atoms with Crippen molar-refractivity contribution in [2.24, 2.45) is 0 Å². The second kappa shape index (κ2) is 6.32. The Balaban J connectivity index is 1.38. The fourth-order valence-electron chi connectivity index (χ4n) is 4.53. The van der Waals surface area contributed by atoms with E-state index in [0.717, 1.165) is 62.6 Å². The molecule has 2 aromatic rings. The highest BCUT2D eigenvalue weighted by molar-refractivity contribution is 7.92. The van der Waals surface area contributed by atoms with Gasteiger partial charge in [-0.25, -0.2) is 17.9 Å². The van der Waals surface area contributed by atoms with Crippen LogP contribution in [0.2, 0.25) is 0 Å². The third-order valence-corrected chi connectivity index (χ3v) is 9.25. The maximum Gasteiger partial charge on any atom is 0.333 e. The van der Waals surface area contributed by atoms with Gasteiger partial charge in [0.05, 0.1) is 0 Å². The summed E-state index contributed by atoms with van der Waals surface area (Å²) in [4.78, 5) is 12.6. The normalized spacial score (nSPS) is 19.2. The minimum absolute atomic E-state index is 0.109.